The molecule has 4 N–H and O–H groups in total. The summed E-state index contributed by atoms with van der Waals surface area (Å²) in [6.45, 7) is 4.02. The lowest BCUT2D eigenvalue weighted by Gasteiger charge is -2.38. The van der Waals surface area contributed by atoms with E-state index < -0.39 is 12.0 Å². The maximum atomic E-state index is 13.0. The Kier molecular flexibility index (Phi) is 4.25. The maximum absolute atomic E-state index is 13.0. The van der Waals surface area contributed by atoms with Crippen molar-refractivity contribution in [1.29, 1.82) is 0 Å². The van der Waals surface area contributed by atoms with E-state index in [-0.39, 0.29) is 28.7 Å². The summed E-state index contributed by atoms with van der Waals surface area (Å²) in [5, 5.41) is 26.0. The molecule has 0 spiro atoms. The summed E-state index contributed by atoms with van der Waals surface area (Å²) in [5.41, 5.74) is 2.43. The van der Waals surface area contributed by atoms with Crippen LogP contribution in [0.4, 0.5) is 6.01 Å². The number of ketones is 1. The van der Waals surface area contributed by atoms with E-state index in [2.05, 4.69) is 21.7 Å². The molecule has 2 atom stereocenters. The van der Waals surface area contributed by atoms with E-state index in [9.17, 15) is 15.0 Å². The third kappa shape index (κ3) is 3.50. The highest BCUT2D eigenvalue weighted by molar-refractivity contribution is 5.98. The molecule has 8 heteroatoms. The third-order valence-corrected chi connectivity index (χ3v) is 5.56. The number of Topliss-reactive ketones (excluding diaryl/α,β-unsaturated/α-hetero) is 1. The average Bonchev–Trinajstić information content (AvgIpc) is 3.10. The minimum atomic E-state index is -0.575. The van der Waals surface area contributed by atoms with Gasteiger partial charge in [0.1, 0.15) is 11.3 Å². The van der Waals surface area contributed by atoms with Crippen LogP contribution in [-0.4, -0.2) is 26.9 Å². The smallest absolute Gasteiger partial charge is 0.302 e. The number of aromatic nitrogens is 1. The third-order valence-electron chi connectivity index (χ3n) is 5.56. The number of guanidine groups is 1. The zero-order chi connectivity index (χ0) is 21.8. The number of phenolic OH excluding ortho intramolecular Hbond substituents is 2. The van der Waals surface area contributed by atoms with Crippen LogP contribution in [0.15, 0.2) is 63.6 Å². The van der Waals surface area contributed by atoms with Crippen molar-refractivity contribution in [3.8, 4) is 11.5 Å². The number of oxazole rings is 1. The molecule has 0 radical (unpaired) electrons. The molecule has 1 aliphatic heterocycles. The summed E-state index contributed by atoms with van der Waals surface area (Å²) in [6.07, 6.45) is 2.45. The van der Waals surface area contributed by atoms with Gasteiger partial charge in [0.15, 0.2) is 17.1 Å². The van der Waals surface area contributed by atoms with Crippen molar-refractivity contribution in [3.05, 3.63) is 59.8 Å². The molecular formula is C23H22N4O4. The monoisotopic (exact) mass is 418 g/mol. The minimum Gasteiger partial charge on any atom is -0.504 e. The van der Waals surface area contributed by atoms with E-state index in [0.717, 1.165) is 5.70 Å². The molecule has 0 fully saturated rings. The minimum absolute atomic E-state index is 0.0669. The number of hydrogen-bond donors (Lipinski definition) is 4. The predicted molar refractivity (Wildman–Crippen MR) is 116 cm³/mol. The summed E-state index contributed by atoms with van der Waals surface area (Å²) >= 11 is 0. The number of hydrogen-bond acceptors (Lipinski definition) is 8. The van der Waals surface area contributed by atoms with Gasteiger partial charge in [-0.1, -0.05) is 38.1 Å². The van der Waals surface area contributed by atoms with Crippen molar-refractivity contribution < 1.29 is 19.4 Å². The molecule has 158 valence electrons. The highest BCUT2D eigenvalue weighted by Gasteiger charge is 2.42. The first kappa shape index (κ1) is 19.2. The van der Waals surface area contributed by atoms with Gasteiger partial charge in [0.2, 0.25) is 5.96 Å². The number of nitrogens with zero attached hydrogens (tertiary/aromatic N) is 2. The number of rotatable bonds is 2. The largest absolute Gasteiger partial charge is 0.504 e. The van der Waals surface area contributed by atoms with E-state index in [0.29, 0.717) is 29.0 Å². The second kappa shape index (κ2) is 6.87. The number of benzene rings is 2. The fourth-order valence-electron chi connectivity index (χ4n) is 4.22. The molecular weight excluding hydrogens is 396 g/mol. The van der Waals surface area contributed by atoms with Crippen molar-refractivity contribution >= 4 is 28.9 Å². The normalized spacial score (nSPS) is 22.3. The van der Waals surface area contributed by atoms with Gasteiger partial charge in [0, 0.05) is 12.1 Å². The fraction of sp³-hybridized carbons (Fsp3) is 0.261. The van der Waals surface area contributed by atoms with Crippen LogP contribution in [0.3, 0.4) is 0 Å². The van der Waals surface area contributed by atoms with Gasteiger partial charge >= 0.3 is 6.01 Å². The van der Waals surface area contributed by atoms with Gasteiger partial charge in [0.05, 0.1) is 12.0 Å². The molecule has 2 heterocycles. The number of aromatic hydroxyl groups is 2. The van der Waals surface area contributed by atoms with Gasteiger partial charge in [-0.2, -0.15) is 4.98 Å². The molecule has 0 saturated heterocycles. The Morgan fingerprint density at radius 3 is 2.74 bits per heavy atom. The molecule has 5 rings (SSSR count). The molecule has 0 unspecified atom stereocenters. The van der Waals surface area contributed by atoms with Crippen LogP contribution in [0.2, 0.25) is 0 Å². The van der Waals surface area contributed by atoms with E-state index in [1.165, 1.54) is 12.1 Å². The topological polar surface area (TPSA) is 120 Å². The second-order valence-corrected chi connectivity index (χ2v) is 8.62. The molecule has 0 saturated carbocycles. The Morgan fingerprint density at radius 1 is 1.16 bits per heavy atom. The van der Waals surface area contributed by atoms with E-state index in [1.54, 1.807) is 6.07 Å². The molecule has 2 aliphatic rings. The van der Waals surface area contributed by atoms with Crippen LogP contribution in [-0.2, 0) is 4.79 Å². The van der Waals surface area contributed by atoms with Crippen LogP contribution in [0, 0.1) is 11.3 Å². The molecule has 8 nitrogen and oxygen atoms in total. The number of aliphatic imine (C=N–C) groups is 1. The van der Waals surface area contributed by atoms with E-state index >= 15 is 0 Å². The van der Waals surface area contributed by atoms with Crippen LogP contribution >= 0.6 is 0 Å². The Bertz CT molecular complexity index is 1220. The summed E-state index contributed by atoms with van der Waals surface area (Å²) < 4.78 is 5.74. The molecule has 2 aromatic carbocycles. The SMILES string of the molecule is CC1(C)C=C2NC(Nc3nc4ccccc4o3)=N[C@H](c3ccc(O)c(O)c3)[C@H]2C(=O)C1. The summed E-state index contributed by atoms with van der Waals surface area (Å²) in [7, 11) is 0. The first-order valence-electron chi connectivity index (χ1n) is 10.0. The van der Waals surface area contributed by atoms with Crippen molar-refractivity contribution in [3.63, 3.8) is 0 Å². The molecule has 0 amide bonds. The molecule has 0 bridgehead atoms. The summed E-state index contributed by atoms with van der Waals surface area (Å²) in [4.78, 5) is 22.2. The number of allylic oxidation sites excluding steroid dienone is 1. The van der Waals surface area contributed by atoms with Crippen molar-refractivity contribution in [2.24, 2.45) is 16.3 Å². The van der Waals surface area contributed by atoms with Gasteiger partial charge in [0.25, 0.3) is 0 Å². The van der Waals surface area contributed by atoms with Gasteiger partial charge in [-0.15, -0.1) is 0 Å². The van der Waals surface area contributed by atoms with Crippen molar-refractivity contribution in [2.75, 3.05) is 5.32 Å². The number of nitrogens with one attached hydrogen (secondary N) is 2. The van der Waals surface area contributed by atoms with E-state index in [4.69, 9.17) is 9.41 Å². The Balaban J connectivity index is 1.57. The molecule has 1 aromatic heterocycles. The van der Waals surface area contributed by atoms with Crippen LogP contribution in [0.1, 0.15) is 31.9 Å². The lowest BCUT2D eigenvalue weighted by atomic mass is 9.72. The first-order chi connectivity index (χ1) is 14.8. The van der Waals surface area contributed by atoms with Crippen molar-refractivity contribution in [2.45, 2.75) is 26.3 Å². The number of phenols is 2. The van der Waals surface area contributed by atoms with Crippen LogP contribution in [0.25, 0.3) is 11.1 Å². The highest BCUT2D eigenvalue weighted by Crippen LogP contribution is 2.43. The molecule has 1 aliphatic carbocycles. The second-order valence-electron chi connectivity index (χ2n) is 8.62. The average molecular weight is 418 g/mol. The quantitative estimate of drug-likeness (QED) is 0.467. The summed E-state index contributed by atoms with van der Waals surface area (Å²) in [5.74, 6) is -0.535. The zero-order valence-corrected chi connectivity index (χ0v) is 17.1. The maximum Gasteiger partial charge on any atom is 0.302 e. The van der Waals surface area contributed by atoms with Gasteiger partial charge in [-0.25, -0.2) is 4.99 Å². The van der Waals surface area contributed by atoms with Crippen LogP contribution in [0.5, 0.6) is 11.5 Å². The fourth-order valence-corrected chi connectivity index (χ4v) is 4.22. The highest BCUT2D eigenvalue weighted by atomic mass is 16.4. The number of carbonyl (C=O) groups is 1. The number of fused-ring (bicyclic) bond motifs is 2. The van der Waals surface area contributed by atoms with Crippen molar-refractivity contribution in [1.82, 2.24) is 10.3 Å². The summed E-state index contributed by atoms with van der Waals surface area (Å²) in [6, 6.07) is 11.6. The van der Waals surface area contributed by atoms with Gasteiger partial charge < -0.3 is 19.9 Å². The van der Waals surface area contributed by atoms with Crippen LogP contribution < -0.4 is 10.6 Å². The van der Waals surface area contributed by atoms with Gasteiger partial charge in [-0.05, 0) is 35.2 Å². The Hall–Kier alpha value is -3.81. The number of carbonyl (C=O) groups excluding carboxylic acids is 1. The molecule has 31 heavy (non-hydrogen) atoms. The zero-order valence-electron chi connectivity index (χ0n) is 17.1. The number of anilines is 1. The number of para-hydroxylation sites is 2. The first-order valence-corrected chi connectivity index (χ1v) is 10.0. The Morgan fingerprint density at radius 2 is 1.97 bits per heavy atom. The molecule has 3 aromatic rings. The predicted octanol–water partition coefficient (Wildman–Crippen LogP) is 3.85. The van der Waals surface area contributed by atoms with Gasteiger partial charge in [-0.3, -0.25) is 10.1 Å². The lowest BCUT2D eigenvalue weighted by Crippen LogP contribution is -2.45. The lowest BCUT2D eigenvalue weighted by molar-refractivity contribution is -0.124. The Labute approximate surface area is 178 Å². The standard InChI is InChI=1S/C23H22N4O4/c1-23(2)10-14-19(17(30)11-23)20(12-7-8-15(28)16(29)9-12)26-21(24-14)27-22-25-13-5-3-4-6-18(13)31-22/h3-10,19-20,28-29H,11H2,1-2H3,(H2,24,25,26,27)/t19-,20-/m1/s1. The van der Waals surface area contributed by atoms with E-state index in [1.807, 2.05) is 38.1 Å².